The second-order valence-corrected chi connectivity index (χ2v) is 31.8. The predicted octanol–water partition coefficient (Wildman–Crippen LogP) is -2.58. The van der Waals surface area contributed by atoms with Crippen LogP contribution in [0.4, 0.5) is 0 Å². The Bertz CT molecular complexity index is 3450. The van der Waals surface area contributed by atoms with Gasteiger partial charge in [-0.3, -0.25) is 91.1 Å². The molecule has 0 bridgehead atoms. The molecule has 0 radical (unpaired) electrons. The lowest BCUT2D eigenvalue weighted by Crippen LogP contribution is -2.61. The first-order valence-corrected chi connectivity index (χ1v) is 39.5. The van der Waals surface area contributed by atoms with Crippen molar-refractivity contribution in [3.8, 4) is 0 Å². The van der Waals surface area contributed by atoms with Crippen molar-refractivity contribution in [3.63, 3.8) is 0 Å². The van der Waals surface area contributed by atoms with Gasteiger partial charge in [0.2, 0.25) is 82.7 Å². The molecule has 1 rings (SSSR count). The third-order valence-electron chi connectivity index (χ3n) is 18.5. The molecule has 1 saturated heterocycles. The number of aliphatic carboxylic acids is 6. The summed E-state index contributed by atoms with van der Waals surface area (Å²) < 4.78 is 0. The zero-order valence-corrected chi connectivity index (χ0v) is 68.8. The largest absolute Gasteiger partial charge is 0.481 e. The van der Waals surface area contributed by atoms with E-state index in [-0.39, 0.29) is 88.6 Å². The highest BCUT2D eigenvalue weighted by atomic mass is 16.4. The van der Waals surface area contributed by atoms with Crippen molar-refractivity contribution in [3.05, 3.63) is 0 Å². The Kier molecular flexibility index (Phi) is 47.1. The summed E-state index contributed by atoms with van der Waals surface area (Å²) in [5, 5.41) is 87.3. The maximum atomic E-state index is 14.9. The third kappa shape index (κ3) is 41.1. The summed E-state index contributed by atoms with van der Waals surface area (Å²) in [6.07, 6.45) is -7.39. The first-order valence-electron chi connectivity index (χ1n) is 39.5. The van der Waals surface area contributed by atoms with Crippen LogP contribution < -0.4 is 81.0 Å². The minimum atomic E-state index is -1.84. The van der Waals surface area contributed by atoms with Crippen LogP contribution in [-0.4, -0.2) is 252 Å². The molecular formula is C75H126N16O26. The second kappa shape index (κ2) is 52.8. The van der Waals surface area contributed by atoms with Crippen LogP contribution in [0.15, 0.2) is 0 Å². The number of unbranched alkanes of at least 4 members (excludes halogenated alkanes) is 1. The molecule has 0 aromatic carbocycles. The lowest BCUT2D eigenvalue weighted by atomic mass is 9.98. The van der Waals surface area contributed by atoms with Crippen molar-refractivity contribution >= 4 is 119 Å². The number of carboxylic acid groups (broad SMARTS) is 6. The molecule has 14 atom stereocenters. The fraction of sp³-hybridized carbons (Fsp3) is 0.733. The number of nitrogens with one attached hydrogen (secondary N) is 12. The number of primary amides is 1. The van der Waals surface area contributed by atoms with E-state index in [1.807, 2.05) is 0 Å². The average Bonchev–Trinajstić information content (AvgIpc) is 0.964. The molecule has 0 unspecified atom stereocenters. The third-order valence-corrected chi connectivity index (χ3v) is 18.5. The first-order chi connectivity index (χ1) is 54.5. The Labute approximate surface area is 679 Å². The van der Waals surface area contributed by atoms with E-state index in [9.17, 15) is 127 Å². The van der Waals surface area contributed by atoms with Gasteiger partial charge in [-0.1, -0.05) is 83.1 Å². The van der Waals surface area contributed by atoms with Crippen LogP contribution in [0, 0.1) is 35.5 Å². The molecule has 0 spiro atoms. The number of carbonyl (C=O) groups excluding carboxylic acids is 14. The fourth-order valence-electron chi connectivity index (χ4n) is 12.5. The van der Waals surface area contributed by atoms with Gasteiger partial charge in [0, 0.05) is 38.6 Å². The molecule has 1 aliphatic heterocycles. The number of likely N-dealkylation sites (tertiary alicyclic amines) is 1. The van der Waals surface area contributed by atoms with Crippen molar-refractivity contribution in [2.45, 2.75) is 303 Å². The molecule has 14 amide bonds. The van der Waals surface area contributed by atoms with E-state index in [0.29, 0.717) is 6.42 Å². The van der Waals surface area contributed by atoms with Gasteiger partial charge in [0.15, 0.2) is 0 Å². The molecule has 117 heavy (non-hydrogen) atoms. The van der Waals surface area contributed by atoms with E-state index < -0.39 is 291 Å². The Morgan fingerprint density at radius 3 is 0.966 bits per heavy atom. The van der Waals surface area contributed by atoms with Gasteiger partial charge in [0.25, 0.3) is 0 Å². The van der Waals surface area contributed by atoms with Gasteiger partial charge < -0.3 is 117 Å². The van der Waals surface area contributed by atoms with E-state index in [1.165, 1.54) is 13.8 Å². The lowest BCUT2D eigenvalue weighted by molar-refractivity contribution is -0.143. The smallest absolute Gasteiger partial charge is 0.326 e. The van der Waals surface area contributed by atoms with Crippen LogP contribution in [0.3, 0.4) is 0 Å². The topological polar surface area (TPSA) is 688 Å². The van der Waals surface area contributed by atoms with Crippen molar-refractivity contribution in [1.29, 1.82) is 0 Å². The highest BCUT2D eigenvalue weighted by Crippen LogP contribution is 2.23. The van der Waals surface area contributed by atoms with Gasteiger partial charge in [-0.15, -0.1) is 0 Å². The van der Waals surface area contributed by atoms with Crippen molar-refractivity contribution in [1.82, 2.24) is 68.7 Å². The molecular weight excluding hydrogens is 1540 g/mol. The van der Waals surface area contributed by atoms with Gasteiger partial charge >= 0.3 is 35.8 Å². The maximum absolute atomic E-state index is 14.9. The molecule has 1 heterocycles. The number of nitrogens with two attached hydrogens (primary N) is 3. The molecule has 0 saturated carbocycles. The second-order valence-electron chi connectivity index (χ2n) is 31.8. The summed E-state index contributed by atoms with van der Waals surface area (Å²) >= 11 is 0. The van der Waals surface area contributed by atoms with Gasteiger partial charge in [-0.2, -0.15) is 0 Å². The van der Waals surface area contributed by atoms with Crippen LogP contribution in [-0.2, 0) is 95.9 Å². The Hall–Kier alpha value is -10.7. The Morgan fingerprint density at radius 1 is 0.342 bits per heavy atom. The normalized spacial score (nSPS) is 16.0. The summed E-state index contributed by atoms with van der Waals surface area (Å²) in [5.74, 6) is -25.5. The average molecular weight is 1670 g/mol. The summed E-state index contributed by atoms with van der Waals surface area (Å²) in [7, 11) is 0. The van der Waals surface area contributed by atoms with Crippen LogP contribution in [0.25, 0.3) is 0 Å². The summed E-state index contributed by atoms with van der Waals surface area (Å²) in [4.78, 5) is 269. The number of nitrogens with zero attached hydrogens (tertiary/aromatic N) is 1. The SMILES string of the molecule is CC(C)C[C@H](NC(=O)[C@H](CC(N)=O)NC(=O)[C@H](CC(C)C)NC(=O)[C@@H](NC(=O)[C@H](CCC(=O)O)NC(=O)[C@H](CCC(=O)O)NC(=O)[C@H](CC(C)C)NC(=O)[C@@H]1CCCN1C(=O)[C@H](CCCCN)NC(=O)[C@H](CC(C)C)NC(=O)[C@H](CCC(=O)O)NC(=O)[C@H](CCC(=O)O)NC(=O)[C@H](CCC(=O)O)NC(=O)[C@@H](N)CC(C)C)C(C)C)C(=O)O. The van der Waals surface area contributed by atoms with Crippen molar-refractivity contribution in [2.24, 2.45) is 52.7 Å². The first kappa shape index (κ1) is 104. The molecule has 1 aliphatic rings. The van der Waals surface area contributed by atoms with E-state index in [1.54, 1.807) is 69.2 Å². The highest BCUT2D eigenvalue weighted by Gasteiger charge is 2.43. The molecule has 1 fully saturated rings. The number of carboxylic acids is 6. The zero-order valence-electron chi connectivity index (χ0n) is 68.8. The van der Waals surface area contributed by atoms with Crippen molar-refractivity contribution < 1.29 is 127 Å². The number of hydrogen-bond donors (Lipinski definition) is 21. The van der Waals surface area contributed by atoms with E-state index in [2.05, 4.69) is 63.8 Å². The highest BCUT2D eigenvalue weighted by molar-refractivity contribution is 6.01. The molecule has 24 N–H and O–H groups in total. The molecule has 662 valence electrons. The standard InChI is InChI=1S/C75H126N16O26/c1-36(2)30-42(77)62(103)79-43(18-23-56(93)94)63(104)80-44(19-24-57(95)96)64(105)81-46(21-26-59(99)100)66(107)85-49(31-37(3)4)69(110)84-48(16-13-14-28-76)74(115)91-29-15-17-54(91)72(113)87-50(32-38(5)6)68(109)83-45(20-25-58(97)98)65(106)82-47(22-27-60(101)102)67(108)90-61(41(11)12)73(114)88-51(33-39(7)8)70(111)86-52(35-55(78)92)71(112)89-53(75(116)117)34-40(9)10/h36-54,61H,13-35,76-77H2,1-12H3,(H2,78,92)(H,79,103)(H,80,104)(H,81,105)(H,82,106)(H,83,109)(H,84,110)(H,85,107)(H,86,111)(H,87,113)(H,88,114)(H,89,112)(H,90,108)(H,93,94)(H,95,96)(H,97,98)(H,99,100)(H,101,102)(H,116,117)/t42-,43-,44-,45-,46-,47-,48-,49-,50-,51-,52-,53-,54-,61-/m0/s1. The maximum Gasteiger partial charge on any atom is 0.326 e. The minimum absolute atomic E-state index is 0.00535. The zero-order chi connectivity index (χ0) is 89.4. The summed E-state index contributed by atoms with van der Waals surface area (Å²) in [6, 6.07) is -22.2. The van der Waals surface area contributed by atoms with Gasteiger partial charge in [0.1, 0.15) is 78.5 Å². The quantitative estimate of drug-likeness (QED) is 0.0278. The Balaban J connectivity index is 3.74. The number of carbonyl (C=O) groups is 20. The molecule has 0 aliphatic carbocycles. The van der Waals surface area contributed by atoms with E-state index >= 15 is 0 Å². The van der Waals surface area contributed by atoms with Crippen molar-refractivity contribution in [2.75, 3.05) is 13.1 Å². The summed E-state index contributed by atoms with van der Waals surface area (Å²) in [6.45, 7) is 20.0. The van der Waals surface area contributed by atoms with E-state index in [0.717, 1.165) is 4.90 Å². The van der Waals surface area contributed by atoms with Gasteiger partial charge in [-0.25, -0.2) is 4.79 Å². The molecule has 42 nitrogen and oxygen atoms in total. The van der Waals surface area contributed by atoms with Crippen LogP contribution >= 0.6 is 0 Å². The number of hydrogen-bond acceptors (Lipinski definition) is 22. The monoisotopic (exact) mass is 1670 g/mol. The Morgan fingerprint density at radius 2 is 0.632 bits per heavy atom. The van der Waals surface area contributed by atoms with Gasteiger partial charge in [0.05, 0.1) is 12.5 Å². The lowest BCUT2D eigenvalue weighted by Gasteiger charge is -2.32. The van der Waals surface area contributed by atoms with Gasteiger partial charge in [-0.05, 0) is 138 Å². The molecule has 42 heteroatoms. The minimum Gasteiger partial charge on any atom is -0.481 e. The molecule has 0 aromatic heterocycles. The number of rotatable bonds is 58. The van der Waals surface area contributed by atoms with Crippen LogP contribution in [0.2, 0.25) is 0 Å². The number of amides is 14. The fourth-order valence-corrected chi connectivity index (χ4v) is 12.5. The van der Waals surface area contributed by atoms with Crippen LogP contribution in [0.5, 0.6) is 0 Å². The van der Waals surface area contributed by atoms with E-state index in [4.69, 9.17) is 17.2 Å². The summed E-state index contributed by atoms with van der Waals surface area (Å²) in [5.41, 5.74) is 17.2. The predicted molar refractivity (Wildman–Crippen MR) is 417 cm³/mol. The van der Waals surface area contributed by atoms with Crippen LogP contribution in [0.1, 0.15) is 218 Å². The molecule has 0 aromatic rings.